The third-order valence-electron chi connectivity index (χ3n) is 4.98. The van der Waals surface area contributed by atoms with Gasteiger partial charge in [-0.05, 0) is 55.7 Å². The Labute approximate surface area is 184 Å². The average Bonchev–Trinajstić information content (AvgIpc) is 3.19. The Balaban J connectivity index is 1.60. The van der Waals surface area contributed by atoms with Gasteiger partial charge >= 0.3 is 0 Å². The van der Waals surface area contributed by atoms with Gasteiger partial charge in [0, 0.05) is 16.5 Å². The first-order valence-electron chi connectivity index (χ1n) is 9.75. The van der Waals surface area contributed by atoms with Crippen molar-refractivity contribution < 1.29 is 9.53 Å². The summed E-state index contributed by atoms with van der Waals surface area (Å²) in [5.74, 6) is 1.30. The molecule has 0 N–H and O–H groups in total. The van der Waals surface area contributed by atoms with E-state index < -0.39 is 0 Å². The van der Waals surface area contributed by atoms with Gasteiger partial charge in [0.1, 0.15) is 21.9 Å². The maximum Gasteiger partial charge on any atom is 0.173 e. The molecule has 0 aliphatic carbocycles. The number of hydrogen-bond donors (Lipinski definition) is 0. The van der Waals surface area contributed by atoms with Crippen LogP contribution >= 0.6 is 23.1 Å². The zero-order valence-corrected chi connectivity index (χ0v) is 18.8. The highest BCUT2D eigenvalue weighted by Crippen LogP contribution is 2.38. The molecule has 2 aromatic carbocycles. The van der Waals surface area contributed by atoms with Gasteiger partial charge in [-0.15, -0.1) is 11.3 Å². The number of hydrogen-bond acceptors (Lipinski definition) is 6. The Kier molecular flexibility index (Phi) is 6.16. The number of carbonyl (C=O) groups is 1. The zero-order chi connectivity index (χ0) is 21.1. The molecular formula is C24H22N2O2S2. The third-order valence-corrected chi connectivity index (χ3v) is 6.86. The number of Topliss-reactive ketones (excluding diaryl/α,β-unsaturated/α-hetero) is 1. The van der Waals surface area contributed by atoms with Crippen molar-refractivity contribution in [2.24, 2.45) is 0 Å². The number of nitrogens with zero attached hydrogens (tertiary/aromatic N) is 2. The highest BCUT2D eigenvalue weighted by Gasteiger charge is 2.16. The first kappa shape index (κ1) is 20.6. The number of aromatic nitrogens is 2. The second kappa shape index (κ2) is 8.98. The van der Waals surface area contributed by atoms with E-state index in [2.05, 4.69) is 22.3 Å². The van der Waals surface area contributed by atoms with Crippen molar-refractivity contribution in [2.45, 2.75) is 25.8 Å². The molecule has 30 heavy (non-hydrogen) atoms. The predicted molar refractivity (Wildman–Crippen MR) is 125 cm³/mol. The standard InChI is InChI=1S/C24H22N2O2S2/c1-4-28-19-9-7-17(8-10-19)20-12-29-23-22(20)24(26-14-25-23)30-13-21(27)18-6-5-15(2)16(3)11-18/h5-12,14H,4,13H2,1-3H3. The topological polar surface area (TPSA) is 52.1 Å². The van der Waals surface area contributed by atoms with E-state index >= 15 is 0 Å². The Morgan fingerprint density at radius 1 is 1.07 bits per heavy atom. The molecule has 152 valence electrons. The first-order valence-corrected chi connectivity index (χ1v) is 11.6. The summed E-state index contributed by atoms with van der Waals surface area (Å²) in [5.41, 5.74) is 5.23. The molecule has 0 aliphatic rings. The van der Waals surface area contributed by atoms with Crippen LogP contribution < -0.4 is 4.74 Å². The van der Waals surface area contributed by atoms with Crippen molar-refractivity contribution in [2.75, 3.05) is 12.4 Å². The number of ether oxygens (including phenoxy) is 1. The number of thioether (sulfide) groups is 1. The minimum atomic E-state index is 0.104. The second-order valence-corrected chi connectivity index (χ2v) is 8.80. The summed E-state index contributed by atoms with van der Waals surface area (Å²) >= 11 is 3.06. The number of rotatable bonds is 7. The van der Waals surface area contributed by atoms with Crippen LogP contribution in [-0.4, -0.2) is 28.1 Å². The van der Waals surface area contributed by atoms with E-state index in [1.807, 2.05) is 56.3 Å². The van der Waals surface area contributed by atoms with Gasteiger partial charge in [0.15, 0.2) is 5.78 Å². The van der Waals surface area contributed by atoms with Crippen LogP contribution in [0.2, 0.25) is 0 Å². The van der Waals surface area contributed by atoms with Gasteiger partial charge in [-0.2, -0.15) is 0 Å². The smallest absolute Gasteiger partial charge is 0.173 e. The van der Waals surface area contributed by atoms with E-state index in [0.29, 0.717) is 12.4 Å². The predicted octanol–water partition coefficient (Wildman–Crippen LogP) is 6.35. The van der Waals surface area contributed by atoms with Gasteiger partial charge in [0.25, 0.3) is 0 Å². The number of carbonyl (C=O) groups excluding carboxylic acids is 1. The first-order chi connectivity index (χ1) is 14.6. The van der Waals surface area contributed by atoms with Crippen molar-refractivity contribution in [1.29, 1.82) is 0 Å². The van der Waals surface area contributed by atoms with E-state index in [0.717, 1.165) is 43.2 Å². The summed E-state index contributed by atoms with van der Waals surface area (Å²) in [7, 11) is 0. The van der Waals surface area contributed by atoms with Gasteiger partial charge in [0.2, 0.25) is 0 Å². The molecule has 0 saturated heterocycles. The molecule has 4 aromatic rings. The van der Waals surface area contributed by atoms with Crippen LogP contribution in [0.5, 0.6) is 5.75 Å². The van der Waals surface area contributed by atoms with Crippen molar-refractivity contribution in [3.63, 3.8) is 0 Å². The molecule has 0 atom stereocenters. The van der Waals surface area contributed by atoms with Gasteiger partial charge in [-0.1, -0.05) is 36.0 Å². The number of ketones is 1. The van der Waals surface area contributed by atoms with Crippen LogP contribution in [0.1, 0.15) is 28.4 Å². The normalized spacial score (nSPS) is 11.0. The molecule has 2 aromatic heterocycles. The van der Waals surface area contributed by atoms with E-state index in [1.165, 1.54) is 17.3 Å². The molecule has 0 aliphatic heterocycles. The Morgan fingerprint density at radius 2 is 1.87 bits per heavy atom. The van der Waals surface area contributed by atoms with Crippen LogP contribution in [0.4, 0.5) is 0 Å². The highest BCUT2D eigenvalue weighted by atomic mass is 32.2. The average molecular weight is 435 g/mol. The summed E-state index contributed by atoms with van der Waals surface area (Å²) in [4.78, 5) is 22.6. The van der Waals surface area contributed by atoms with Gasteiger partial charge in [-0.25, -0.2) is 9.97 Å². The summed E-state index contributed by atoms with van der Waals surface area (Å²) in [6.45, 7) is 6.70. The lowest BCUT2D eigenvalue weighted by molar-refractivity contribution is 0.102. The van der Waals surface area contributed by atoms with Crippen LogP contribution in [0, 0.1) is 13.8 Å². The maximum atomic E-state index is 12.7. The largest absolute Gasteiger partial charge is 0.494 e. The van der Waals surface area contributed by atoms with E-state index in [-0.39, 0.29) is 5.78 Å². The second-order valence-electron chi connectivity index (χ2n) is 6.98. The zero-order valence-electron chi connectivity index (χ0n) is 17.1. The number of benzene rings is 2. The summed E-state index contributed by atoms with van der Waals surface area (Å²) < 4.78 is 5.55. The minimum absolute atomic E-state index is 0.104. The van der Waals surface area contributed by atoms with Crippen molar-refractivity contribution in [3.05, 3.63) is 70.9 Å². The molecule has 0 amide bonds. The Morgan fingerprint density at radius 3 is 2.60 bits per heavy atom. The molecule has 2 heterocycles. The SMILES string of the molecule is CCOc1ccc(-c2csc3ncnc(SCC(=O)c4ccc(C)c(C)c4)c23)cc1. The van der Waals surface area contributed by atoms with E-state index in [9.17, 15) is 4.79 Å². The summed E-state index contributed by atoms with van der Waals surface area (Å²) in [6, 6.07) is 13.9. The molecule has 6 heteroatoms. The molecule has 0 fully saturated rings. The lowest BCUT2D eigenvalue weighted by Gasteiger charge is -2.07. The Bertz CT molecular complexity index is 1200. The number of thiophene rings is 1. The lowest BCUT2D eigenvalue weighted by Crippen LogP contribution is -2.03. The minimum Gasteiger partial charge on any atom is -0.494 e. The molecule has 4 rings (SSSR count). The van der Waals surface area contributed by atoms with Crippen LogP contribution in [-0.2, 0) is 0 Å². The van der Waals surface area contributed by atoms with Crippen LogP contribution in [0.15, 0.2) is 59.2 Å². The lowest BCUT2D eigenvalue weighted by atomic mass is 10.0. The Hall–Kier alpha value is -2.70. The van der Waals surface area contributed by atoms with E-state index in [1.54, 1.807) is 17.7 Å². The van der Waals surface area contributed by atoms with Crippen molar-refractivity contribution in [1.82, 2.24) is 9.97 Å². The summed E-state index contributed by atoms with van der Waals surface area (Å²) in [6.07, 6.45) is 1.57. The fraction of sp³-hybridized carbons (Fsp3) is 0.208. The number of fused-ring (bicyclic) bond motifs is 1. The molecule has 0 saturated carbocycles. The van der Waals surface area contributed by atoms with E-state index in [4.69, 9.17) is 4.74 Å². The van der Waals surface area contributed by atoms with Crippen LogP contribution in [0.25, 0.3) is 21.3 Å². The fourth-order valence-electron chi connectivity index (χ4n) is 3.20. The quantitative estimate of drug-likeness (QED) is 0.193. The molecule has 0 unspecified atom stereocenters. The third kappa shape index (κ3) is 4.25. The molecule has 0 radical (unpaired) electrons. The van der Waals surface area contributed by atoms with Gasteiger partial charge in [0.05, 0.1) is 17.7 Å². The molecule has 0 bridgehead atoms. The molecule has 0 spiro atoms. The molecule has 4 nitrogen and oxygen atoms in total. The highest BCUT2D eigenvalue weighted by molar-refractivity contribution is 8.00. The van der Waals surface area contributed by atoms with Gasteiger partial charge < -0.3 is 4.74 Å². The monoisotopic (exact) mass is 434 g/mol. The van der Waals surface area contributed by atoms with Crippen LogP contribution in [0.3, 0.4) is 0 Å². The fourth-order valence-corrected chi connectivity index (χ4v) is 5.09. The van der Waals surface area contributed by atoms with Gasteiger partial charge in [-0.3, -0.25) is 4.79 Å². The van der Waals surface area contributed by atoms with Crippen molar-refractivity contribution in [3.8, 4) is 16.9 Å². The molecular weight excluding hydrogens is 412 g/mol. The maximum absolute atomic E-state index is 12.7. The number of aryl methyl sites for hydroxylation is 2. The summed E-state index contributed by atoms with van der Waals surface area (Å²) in [5, 5.41) is 3.94. The van der Waals surface area contributed by atoms with Crippen molar-refractivity contribution >= 4 is 39.1 Å².